The van der Waals surface area contributed by atoms with E-state index in [9.17, 15) is 14.9 Å². The van der Waals surface area contributed by atoms with Crippen LogP contribution in [0.2, 0.25) is 0 Å². The summed E-state index contributed by atoms with van der Waals surface area (Å²) in [5, 5.41) is 10.8. The van der Waals surface area contributed by atoms with Gasteiger partial charge in [-0.1, -0.05) is 6.07 Å². The first kappa shape index (κ1) is 13.7. The van der Waals surface area contributed by atoms with Gasteiger partial charge in [0.25, 0.3) is 0 Å². The molecule has 6 nitrogen and oxygen atoms in total. The average Bonchev–Trinajstić information content (AvgIpc) is 2.36. The van der Waals surface area contributed by atoms with E-state index < -0.39 is 10.9 Å². The van der Waals surface area contributed by atoms with Gasteiger partial charge in [0.05, 0.1) is 18.6 Å². The number of rotatable bonds is 5. The van der Waals surface area contributed by atoms with Crippen LogP contribution in [0, 0.1) is 10.1 Å². The van der Waals surface area contributed by atoms with Crippen LogP contribution in [-0.4, -0.2) is 24.6 Å². The zero-order chi connectivity index (χ0) is 13.5. The molecule has 0 aliphatic carbocycles. The summed E-state index contributed by atoms with van der Waals surface area (Å²) in [6.45, 7) is 1.98. The van der Waals surface area contributed by atoms with Gasteiger partial charge in [0.15, 0.2) is 5.75 Å². The number of methoxy groups -OCH3 is 1. The highest BCUT2D eigenvalue weighted by Crippen LogP contribution is 2.27. The smallest absolute Gasteiger partial charge is 0.330 e. The molecule has 0 aromatic heterocycles. The van der Waals surface area contributed by atoms with E-state index in [0.717, 1.165) is 0 Å². The first-order chi connectivity index (χ1) is 8.58. The topological polar surface area (TPSA) is 78.7 Å². The van der Waals surface area contributed by atoms with Crippen molar-refractivity contribution in [1.29, 1.82) is 0 Å². The normalized spacial score (nSPS) is 10.3. The van der Waals surface area contributed by atoms with Crippen molar-refractivity contribution in [1.82, 2.24) is 0 Å². The van der Waals surface area contributed by atoms with Crippen molar-refractivity contribution in [3.63, 3.8) is 0 Å². The average molecular weight is 251 g/mol. The lowest BCUT2D eigenvalue weighted by Crippen LogP contribution is -1.98. The molecule has 0 saturated carbocycles. The van der Waals surface area contributed by atoms with Gasteiger partial charge in [-0.05, 0) is 24.6 Å². The lowest BCUT2D eigenvalue weighted by molar-refractivity contribution is -0.385. The predicted octanol–water partition coefficient (Wildman–Crippen LogP) is 2.18. The summed E-state index contributed by atoms with van der Waals surface area (Å²) in [7, 11) is 1.36. The molecule has 0 radical (unpaired) electrons. The van der Waals surface area contributed by atoms with Gasteiger partial charge in [0.2, 0.25) is 0 Å². The Bertz CT molecular complexity index is 481. The lowest BCUT2D eigenvalue weighted by atomic mass is 10.1. The molecular formula is C12H13NO5. The highest BCUT2D eigenvalue weighted by Gasteiger charge is 2.14. The molecule has 6 heteroatoms. The van der Waals surface area contributed by atoms with E-state index in [1.54, 1.807) is 13.0 Å². The van der Waals surface area contributed by atoms with E-state index >= 15 is 0 Å². The summed E-state index contributed by atoms with van der Waals surface area (Å²) < 4.78 is 9.57. The Hall–Kier alpha value is -2.37. The lowest BCUT2D eigenvalue weighted by Gasteiger charge is -2.02. The molecule has 0 atom stereocenters. The Morgan fingerprint density at radius 1 is 1.50 bits per heavy atom. The minimum Gasteiger partial charge on any atom is -0.490 e. The van der Waals surface area contributed by atoms with Crippen molar-refractivity contribution in [2.75, 3.05) is 13.7 Å². The van der Waals surface area contributed by atoms with E-state index in [2.05, 4.69) is 0 Å². The number of hydrogen-bond donors (Lipinski definition) is 0. The minimum absolute atomic E-state index is 0.150. The fourth-order valence-corrected chi connectivity index (χ4v) is 1.31. The molecular weight excluding hydrogens is 238 g/mol. The molecule has 0 bridgehead atoms. The van der Waals surface area contributed by atoms with E-state index in [1.807, 2.05) is 0 Å². The molecule has 18 heavy (non-hydrogen) atoms. The Labute approximate surface area is 104 Å². The molecule has 1 rings (SSSR count). The predicted molar refractivity (Wildman–Crippen MR) is 65.3 cm³/mol. The van der Waals surface area contributed by atoms with Crippen LogP contribution in [0.1, 0.15) is 12.5 Å². The minimum atomic E-state index is -0.541. The number of nitro groups is 1. The fourth-order valence-electron chi connectivity index (χ4n) is 1.31. The van der Waals surface area contributed by atoms with E-state index in [4.69, 9.17) is 9.47 Å². The molecule has 0 amide bonds. The van der Waals surface area contributed by atoms with Crippen LogP contribution in [0.4, 0.5) is 5.69 Å². The second-order valence-corrected chi connectivity index (χ2v) is 3.27. The molecule has 0 fully saturated rings. The number of ether oxygens (including phenoxy) is 2. The first-order valence-corrected chi connectivity index (χ1v) is 5.25. The summed E-state index contributed by atoms with van der Waals surface area (Å²) in [5.74, 6) is -0.316. The second-order valence-electron chi connectivity index (χ2n) is 3.27. The highest BCUT2D eigenvalue weighted by molar-refractivity contribution is 5.87. The zero-order valence-corrected chi connectivity index (χ0v) is 10.1. The van der Waals surface area contributed by atoms with Crippen LogP contribution in [-0.2, 0) is 9.53 Å². The third-order valence-electron chi connectivity index (χ3n) is 2.10. The molecule has 96 valence electrons. The molecule has 0 N–H and O–H groups in total. The molecule has 0 saturated heterocycles. The summed E-state index contributed by atoms with van der Waals surface area (Å²) in [6, 6.07) is 4.42. The molecule has 0 aliphatic rings. The second kappa shape index (κ2) is 6.39. The standard InChI is InChI=1S/C12H13NO5/c1-3-18-12(14)7-5-9-4-6-11(17-2)10(8-9)13(15)16/h4-8H,3H2,1-2H3. The van der Waals surface area contributed by atoms with Crippen molar-refractivity contribution >= 4 is 17.7 Å². The maximum atomic E-state index is 11.1. The summed E-state index contributed by atoms with van der Waals surface area (Å²) in [4.78, 5) is 21.3. The monoisotopic (exact) mass is 251 g/mol. The van der Waals surface area contributed by atoms with Crippen molar-refractivity contribution in [3.05, 3.63) is 40.0 Å². The molecule has 0 aliphatic heterocycles. The van der Waals surface area contributed by atoms with Gasteiger partial charge in [0.1, 0.15) is 0 Å². The van der Waals surface area contributed by atoms with Gasteiger partial charge in [0, 0.05) is 12.1 Å². The van der Waals surface area contributed by atoms with Crippen LogP contribution >= 0.6 is 0 Å². The largest absolute Gasteiger partial charge is 0.490 e. The summed E-state index contributed by atoms with van der Waals surface area (Å²) >= 11 is 0. The number of carbonyl (C=O) groups is 1. The molecule has 0 spiro atoms. The maximum absolute atomic E-state index is 11.1. The highest BCUT2D eigenvalue weighted by atomic mass is 16.6. The number of esters is 1. The van der Waals surface area contributed by atoms with Crippen LogP contribution in [0.5, 0.6) is 5.75 Å². The fraction of sp³-hybridized carbons (Fsp3) is 0.250. The van der Waals surface area contributed by atoms with Gasteiger partial charge in [-0.25, -0.2) is 4.79 Å². The number of carbonyl (C=O) groups excluding carboxylic acids is 1. The van der Waals surface area contributed by atoms with Gasteiger partial charge in [-0.3, -0.25) is 10.1 Å². The molecule has 0 heterocycles. The van der Waals surface area contributed by atoms with Crippen LogP contribution < -0.4 is 4.74 Å². The van der Waals surface area contributed by atoms with Gasteiger partial charge >= 0.3 is 11.7 Å². The number of nitrogens with zero attached hydrogens (tertiary/aromatic N) is 1. The van der Waals surface area contributed by atoms with Gasteiger partial charge in [-0.15, -0.1) is 0 Å². The number of nitro benzene ring substituents is 1. The van der Waals surface area contributed by atoms with Crippen LogP contribution in [0.3, 0.4) is 0 Å². The Kier molecular flexibility index (Phi) is 4.86. The van der Waals surface area contributed by atoms with Crippen LogP contribution in [0.25, 0.3) is 6.08 Å². The van der Waals surface area contributed by atoms with Crippen molar-refractivity contribution in [2.45, 2.75) is 6.92 Å². The summed E-state index contributed by atoms with van der Waals surface area (Å²) in [5.41, 5.74) is 0.374. The van der Waals surface area contributed by atoms with Gasteiger partial charge < -0.3 is 9.47 Å². The van der Waals surface area contributed by atoms with E-state index in [-0.39, 0.29) is 18.0 Å². The number of hydrogen-bond acceptors (Lipinski definition) is 5. The quantitative estimate of drug-likeness (QED) is 0.347. The van der Waals surface area contributed by atoms with E-state index in [1.165, 1.54) is 31.4 Å². The number of benzene rings is 1. The van der Waals surface area contributed by atoms with Crippen molar-refractivity contribution in [3.8, 4) is 5.75 Å². The first-order valence-electron chi connectivity index (χ1n) is 5.25. The maximum Gasteiger partial charge on any atom is 0.330 e. The van der Waals surface area contributed by atoms with Crippen molar-refractivity contribution in [2.24, 2.45) is 0 Å². The third kappa shape index (κ3) is 3.58. The van der Waals surface area contributed by atoms with Gasteiger partial charge in [-0.2, -0.15) is 0 Å². The van der Waals surface area contributed by atoms with Crippen LogP contribution in [0.15, 0.2) is 24.3 Å². The molecule has 1 aromatic rings. The van der Waals surface area contributed by atoms with E-state index in [0.29, 0.717) is 5.56 Å². The SMILES string of the molecule is CCOC(=O)C=Cc1ccc(OC)c([N+](=O)[O-])c1. The third-order valence-corrected chi connectivity index (χ3v) is 2.10. The summed E-state index contributed by atoms with van der Waals surface area (Å²) in [6.07, 6.45) is 2.67. The molecule has 1 aromatic carbocycles. The Balaban J connectivity index is 2.95. The van der Waals surface area contributed by atoms with Crippen molar-refractivity contribution < 1.29 is 19.2 Å². The Morgan fingerprint density at radius 3 is 2.78 bits per heavy atom. The zero-order valence-electron chi connectivity index (χ0n) is 10.1. The molecule has 0 unspecified atom stereocenters. The Morgan fingerprint density at radius 2 is 2.22 bits per heavy atom.